The summed E-state index contributed by atoms with van der Waals surface area (Å²) < 4.78 is 27.6. The molecule has 0 spiro atoms. The lowest BCUT2D eigenvalue weighted by atomic mass is 10.3. The van der Waals surface area contributed by atoms with Crippen LogP contribution in [0.15, 0.2) is 39.8 Å². The molecule has 6 nitrogen and oxygen atoms in total. The molecule has 0 saturated carbocycles. The van der Waals surface area contributed by atoms with Crippen molar-refractivity contribution >= 4 is 49.0 Å². The van der Waals surface area contributed by atoms with Crippen LogP contribution < -0.4 is 10.5 Å². The highest BCUT2D eigenvalue weighted by molar-refractivity contribution is 9.10. The van der Waals surface area contributed by atoms with E-state index in [9.17, 15) is 8.42 Å². The van der Waals surface area contributed by atoms with Gasteiger partial charge >= 0.3 is 0 Å². The summed E-state index contributed by atoms with van der Waals surface area (Å²) in [7, 11) is -3.76. The van der Waals surface area contributed by atoms with E-state index in [0.29, 0.717) is 11.4 Å². The second kappa shape index (κ2) is 6.04. The SMILES string of the molecule is Cc1nc(NS(=O)(=O)c2ccc(C(N)=S)nc2)ccc1Br. The number of hydrogen-bond donors (Lipinski definition) is 2. The Hall–Kier alpha value is -1.58. The zero-order valence-electron chi connectivity index (χ0n) is 10.9. The van der Waals surface area contributed by atoms with Crippen LogP contribution in [0.5, 0.6) is 0 Å². The molecule has 0 aromatic carbocycles. The molecule has 0 atom stereocenters. The van der Waals surface area contributed by atoms with E-state index in [1.165, 1.54) is 18.3 Å². The predicted molar refractivity (Wildman–Crippen MR) is 87.6 cm³/mol. The molecule has 2 aromatic heterocycles. The molecule has 110 valence electrons. The van der Waals surface area contributed by atoms with E-state index in [1.807, 2.05) is 0 Å². The lowest BCUT2D eigenvalue weighted by Crippen LogP contribution is -2.16. The van der Waals surface area contributed by atoms with E-state index in [-0.39, 0.29) is 15.7 Å². The predicted octanol–water partition coefficient (Wildman–Crippen LogP) is 1.98. The molecule has 9 heteroatoms. The minimum Gasteiger partial charge on any atom is -0.388 e. The normalized spacial score (nSPS) is 11.1. The molecule has 0 fully saturated rings. The number of anilines is 1. The molecule has 0 aliphatic rings. The van der Waals surface area contributed by atoms with E-state index >= 15 is 0 Å². The number of pyridine rings is 2. The van der Waals surface area contributed by atoms with Gasteiger partial charge in [-0.05, 0) is 47.1 Å². The van der Waals surface area contributed by atoms with Crippen molar-refractivity contribution in [1.82, 2.24) is 9.97 Å². The largest absolute Gasteiger partial charge is 0.388 e. The van der Waals surface area contributed by atoms with E-state index in [1.54, 1.807) is 19.1 Å². The summed E-state index contributed by atoms with van der Waals surface area (Å²) >= 11 is 8.07. The monoisotopic (exact) mass is 386 g/mol. The molecule has 2 aromatic rings. The number of nitrogens with one attached hydrogen (secondary N) is 1. The van der Waals surface area contributed by atoms with Gasteiger partial charge in [0.1, 0.15) is 15.7 Å². The van der Waals surface area contributed by atoms with Crippen LogP contribution in [-0.4, -0.2) is 23.4 Å². The zero-order chi connectivity index (χ0) is 15.6. The van der Waals surface area contributed by atoms with Gasteiger partial charge in [-0.25, -0.2) is 13.4 Å². The topological polar surface area (TPSA) is 98.0 Å². The van der Waals surface area contributed by atoms with Crippen molar-refractivity contribution in [2.24, 2.45) is 5.73 Å². The number of aromatic nitrogens is 2. The van der Waals surface area contributed by atoms with Gasteiger partial charge in [0.15, 0.2) is 0 Å². The van der Waals surface area contributed by atoms with Crippen LogP contribution in [0.4, 0.5) is 5.82 Å². The number of rotatable bonds is 4. The van der Waals surface area contributed by atoms with Crippen LogP contribution in [0.3, 0.4) is 0 Å². The summed E-state index contributed by atoms with van der Waals surface area (Å²) in [6.45, 7) is 1.76. The molecular weight excluding hydrogens is 376 g/mol. The number of hydrogen-bond acceptors (Lipinski definition) is 5. The fourth-order valence-electron chi connectivity index (χ4n) is 1.48. The second-order valence-electron chi connectivity index (χ2n) is 4.11. The summed E-state index contributed by atoms with van der Waals surface area (Å²) in [4.78, 5) is 8.15. The molecule has 0 bridgehead atoms. The van der Waals surface area contributed by atoms with Crippen molar-refractivity contribution in [3.05, 3.63) is 46.3 Å². The van der Waals surface area contributed by atoms with Crippen molar-refractivity contribution in [3.63, 3.8) is 0 Å². The van der Waals surface area contributed by atoms with Gasteiger partial charge in [-0.3, -0.25) is 9.71 Å². The molecule has 0 saturated heterocycles. The van der Waals surface area contributed by atoms with Crippen molar-refractivity contribution in [3.8, 4) is 0 Å². The highest BCUT2D eigenvalue weighted by Crippen LogP contribution is 2.19. The third kappa shape index (κ3) is 3.74. The molecule has 0 unspecified atom stereocenters. The van der Waals surface area contributed by atoms with Crippen LogP contribution in [0, 0.1) is 6.92 Å². The number of sulfonamides is 1. The van der Waals surface area contributed by atoms with Crippen LogP contribution in [0.1, 0.15) is 11.4 Å². The van der Waals surface area contributed by atoms with E-state index in [0.717, 1.165) is 4.47 Å². The van der Waals surface area contributed by atoms with Gasteiger partial charge in [0.2, 0.25) is 0 Å². The van der Waals surface area contributed by atoms with E-state index < -0.39 is 10.0 Å². The van der Waals surface area contributed by atoms with Gasteiger partial charge in [0.25, 0.3) is 10.0 Å². The standard InChI is InChI=1S/C12H11BrN4O2S2/c1-7-9(13)3-5-11(16-7)17-21(18,19)8-2-4-10(12(14)20)15-6-8/h2-6H,1H3,(H2,14,20)(H,16,17). The number of aryl methyl sites for hydroxylation is 1. The van der Waals surface area contributed by atoms with Crippen LogP contribution in [0.2, 0.25) is 0 Å². The average molecular weight is 387 g/mol. The lowest BCUT2D eigenvalue weighted by Gasteiger charge is -2.08. The summed E-state index contributed by atoms with van der Waals surface area (Å²) in [6, 6.07) is 6.12. The minimum absolute atomic E-state index is 0.00451. The molecule has 0 amide bonds. The van der Waals surface area contributed by atoms with Gasteiger partial charge in [0, 0.05) is 10.7 Å². The van der Waals surface area contributed by atoms with E-state index in [4.69, 9.17) is 18.0 Å². The van der Waals surface area contributed by atoms with Gasteiger partial charge in [-0.15, -0.1) is 0 Å². The number of thiocarbonyl (C=S) groups is 1. The van der Waals surface area contributed by atoms with Crippen LogP contribution >= 0.6 is 28.1 Å². The molecular formula is C12H11BrN4O2S2. The third-order valence-corrected chi connectivity index (χ3v) is 4.95. The summed E-state index contributed by atoms with van der Waals surface area (Å²) in [5, 5.41) is 0. The Bertz CT molecular complexity index is 791. The molecule has 0 radical (unpaired) electrons. The molecule has 2 rings (SSSR count). The number of nitrogens with two attached hydrogens (primary N) is 1. The Kier molecular flexibility index (Phi) is 4.55. The first-order chi connectivity index (χ1) is 9.79. The van der Waals surface area contributed by atoms with Gasteiger partial charge in [-0.2, -0.15) is 0 Å². The summed E-state index contributed by atoms with van der Waals surface area (Å²) in [6.07, 6.45) is 1.20. The Labute approximate surface area is 136 Å². The highest BCUT2D eigenvalue weighted by atomic mass is 79.9. The Morgan fingerprint density at radius 3 is 2.57 bits per heavy atom. The van der Waals surface area contributed by atoms with Crippen molar-refractivity contribution in [2.75, 3.05) is 4.72 Å². The van der Waals surface area contributed by atoms with Gasteiger partial charge in [-0.1, -0.05) is 12.2 Å². The van der Waals surface area contributed by atoms with Gasteiger partial charge in [0.05, 0.1) is 11.4 Å². The van der Waals surface area contributed by atoms with Gasteiger partial charge < -0.3 is 5.73 Å². The number of halogens is 1. The first-order valence-corrected chi connectivity index (χ1v) is 8.40. The molecule has 0 aliphatic heterocycles. The lowest BCUT2D eigenvalue weighted by molar-refractivity contribution is 0.600. The molecule has 2 heterocycles. The van der Waals surface area contributed by atoms with Crippen molar-refractivity contribution in [1.29, 1.82) is 0 Å². The average Bonchev–Trinajstić information content (AvgIpc) is 2.43. The Morgan fingerprint density at radius 1 is 1.33 bits per heavy atom. The van der Waals surface area contributed by atoms with Crippen molar-refractivity contribution in [2.45, 2.75) is 11.8 Å². The maximum atomic E-state index is 12.2. The quantitative estimate of drug-likeness (QED) is 0.779. The van der Waals surface area contributed by atoms with Crippen LogP contribution in [0.25, 0.3) is 0 Å². The van der Waals surface area contributed by atoms with E-state index in [2.05, 4.69) is 30.6 Å². The fourth-order valence-corrected chi connectivity index (χ4v) is 2.77. The fraction of sp³-hybridized carbons (Fsp3) is 0.0833. The molecule has 21 heavy (non-hydrogen) atoms. The minimum atomic E-state index is -3.76. The summed E-state index contributed by atoms with van der Waals surface area (Å²) in [5.41, 5.74) is 6.46. The second-order valence-corrected chi connectivity index (χ2v) is 7.09. The Balaban J connectivity index is 2.29. The number of nitrogens with zero attached hydrogens (tertiary/aromatic N) is 2. The Morgan fingerprint density at radius 2 is 2.05 bits per heavy atom. The molecule has 3 N–H and O–H groups in total. The van der Waals surface area contributed by atoms with Crippen LogP contribution in [-0.2, 0) is 10.0 Å². The highest BCUT2D eigenvalue weighted by Gasteiger charge is 2.16. The zero-order valence-corrected chi connectivity index (χ0v) is 14.1. The van der Waals surface area contributed by atoms with Crippen molar-refractivity contribution < 1.29 is 8.42 Å². The smallest absolute Gasteiger partial charge is 0.264 e. The maximum Gasteiger partial charge on any atom is 0.264 e. The first kappa shape index (κ1) is 15.8. The first-order valence-electron chi connectivity index (χ1n) is 5.71. The third-order valence-electron chi connectivity index (χ3n) is 2.56. The molecule has 0 aliphatic carbocycles. The maximum absolute atomic E-state index is 12.2. The summed E-state index contributed by atoms with van der Waals surface area (Å²) in [5.74, 6) is 0.231.